The van der Waals surface area contributed by atoms with Gasteiger partial charge in [-0.3, -0.25) is 0 Å². The van der Waals surface area contributed by atoms with Gasteiger partial charge in [-0.25, -0.2) is 9.59 Å². The molecule has 0 unspecified atom stereocenters. The third kappa shape index (κ3) is 5.99. The predicted molar refractivity (Wildman–Crippen MR) is 59.8 cm³/mol. The molecule has 6 nitrogen and oxygen atoms in total. The van der Waals surface area contributed by atoms with Gasteiger partial charge in [0.05, 0.1) is 6.61 Å². The summed E-state index contributed by atoms with van der Waals surface area (Å²) in [5, 5.41) is 6.28. The highest BCUT2D eigenvalue weighted by atomic mass is 16.6. The Kier molecular flexibility index (Phi) is 5.59. The maximum atomic E-state index is 11.2. The highest BCUT2D eigenvalue weighted by Gasteiger charge is 2.19. The summed E-state index contributed by atoms with van der Waals surface area (Å²) in [6.07, 6.45) is 2.09. The van der Waals surface area contributed by atoms with Gasteiger partial charge in [-0.2, -0.15) is 0 Å². The van der Waals surface area contributed by atoms with Gasteiger partial charge in [0.1, 0.15) is 6.10 Å². The number of ether oxygens (including phenoxy) is 2. The Morgan fingerprint density at radius 1 is 1.18 bits per heavy atom. The molecule has 1 aliphatic rings. The fraction of sp³-hybridized carbons (Fsp3) is 0.818. The van der Waals surface area contributed by atoms with Gasteiger partial charge < -0.3 is 9.47 Å². The van der Waals surface area contributed by atoms with Crippen molar-refractivity contribution in [2.45, 2.75) is 45.6 Å². The maximum absolute atomic E-state index is 11.2. The zero-order chi connectivity index (χ0) is 12.7. The first-order valence-electron chi connectivity index (χ1n) is 5.87. The SMILES string of the molecule is CC(C)COC(=O)/N=N/C(=O)OC1CCCC1. The topological polar surface area (TPSA) is 77.3 Å². The van der Waals surface area contributed by atoms with Crippen molar-refractivity contribution < 1.29 is 19.1 Å². The molecular formula is C11H18N2O4. The number of carbonyl (C=O) groups excluding carboxylic acids is 2. The van der Waals surface area contributed by atoms with Gasteiger partial charge in [-0.05, 0) is 31.6 Å². The first kappa shape index (κ1) is 13.6. The quantitative estimate of drug-likeness (QED) is 0.711. The summed E-state index contributed by atoms with van der Waals surface area (Å²) >= 11 is 0. The molecule has 0 aromatic heterocycles. The Hall–Kier alpha value is -1.46. The second-order valence-corrected chi connectivity index (χ2v) is 4.46. The van der Waals surface area contributed by atoms with Crippen molar-refractivity contribution in [2.75, 3.05) is 6.61 Å². The smallest absolute Gasteiger partial charge is 0.447 e. The highest BCUT2D eigenvalue weighted by Crippen LogP contribution is 2.21. The number of carbonyl (C=O) groups is 2. The first-order valence-corrected chi connectivity index (χ1v) is 5.87. The number of amides is 2. The van der Waals surface area contributed by atoms with Crippen LogP contribution in [0.1, 0.15) is 39.5 Å². The standard InChI is InChI=1S/C11H18N2O4/c1-8(2)7-16-10(14)12-13-11(15)17-9-5-3-4-6-9/h8-9H,3-7H2,1-2H3/b13-12+. The lowest BCUT2D eigenvalue weighted by atomic mass is 10.2. The molecule has 1 saturated carbocycles. The fourth-order valence-corrected chi connectivity index (χ4v) is 1.52. The van der Waals surface area contributed by atoms with Crippen LogP contribution in [-0.4, -0.2) is 24.9 Å². The van der Waals surface area contributed by atoms with Crippen molar-refractivity contribution in [1.29, 1.82) is 0 Å². The van der Waals surface area contributed by atoms with Crippen LogP contribution >= 0.6 is 0 Å². The zero-order valence-corrected chi connectivity index (χ0v) is 10.2. The lowest BCUT2D eigenvalue weighted by Gasteiger charge is -2.07. The van der Waals surface area contributed by atoms with E-state index in [1.807, 2.05) is 13.8 Å². The largest absolute Gasteiger partial charge is 0.452 e. The molecule has 1 fully saturated rings. The normalized spacial score (nSPS) is 16.6. The summed E-state index contributed by atoms with van der Waals surface area (Å²) in [6, 6.07) is 0. The van der Waals surface area contributed by atoms with E-state index in [0.717, 1.165) is 25.7 Å². The van der Waals surface area contributed by atoms with Crippen LogP contribution < -0.4 is 0 Å². The van der Waals surface area contributed by atoms with E-state index in [0.29, 0.717) is 0 Å². The lowest BCUT2D eigenvalue weighted by molar-refractivity contribution is 0.107. The van der Waals surface area contributed by atoms with E-state index in [-0.39, 0.29) is 18.6 Å². The van der Waals surface area contributed by atoms with Crippen molar-refractivity contribution in [1.82, 2.24) is 0 Å². The Bertz CT molecular complexity index is 296. The Labute approximate surface area is 100 Å². The molecule has 0 heterocycles. The molecule has 2 amide bonds. The average Bonchev–Trinajstić information content (AvgIpc) is 2.76. The number of azo groups is 1. The molecule has 6 heteroatoms. The second kappa shape index (κ2) is 6.98. The fourth-order valence-electron chi connectivity index (χ4n) is 1.52. The van der Waals surface area contributed by atoms with Crippen LogP contribution in [0.4, 0.5) is 9.59 Å². The van der Waals surface area contributed by atoms with Gasteiger partial charge in [0.2, 0.25) is 0 Å². The number of nitrogens with zero attached hydrogens (tertiary/aromatic N) is 2. The van der Waals surface area contributed by atoms with E-state index in [1.165, 1.54) is 0 Å². The summed E-state index contributed by atoms with van der Waals surface area (Å²) in [4.78, 5) is 22.1. The predicted octanol–water partition coefficient (Wildman–Crippen LogP) is 3.31. The molecule has 0 spiro atoms. The average molecular weight is 242 g/mol. The lowest BCUT2D eigenvalue weighted by Crippen LogP contribution is -2.11. The molecule has 0 aromatic rings. The van der Waals surface area contributed by atoms with Crippen LogP contribution in [-0.2, 0) is 9.47 Å². The molecule has 0 N–H and O–H groups in total. The molecule has 0 radical (unpaired) electrons. The van der Waals surface area contributed by atoms with E-state index < -0.39 is 12.2 Å². The minimum Gasteiger partial charge on any atom is -0.447 e. The number of hydrogen-bond acceptors (Lipinski definition) is 4. The first-order chi connectivity index (χ1) is 8.08. The van der Waals surface area contributed by atoms with E-state index in [1.54, 1.807) is 0 Å². The van der Waals surface area contributed by atoms with Gasteiger partial charge in [-0.15, -0.1) is 0 Å². The van der Waals surface area contributed by atoms with Crippen LogP contribution in [0.15, 0.2) is 10.2 Å². The molecule has 0 bridgehead atoms. The summed E-state index contributed by atoms with van der Waals surface area (Å²) < 4.78 is 9.70. The van der Waals surface area contributed by atoms with Gasteiger partial charge in [-0.1, -0.05) is 24.1 Å². The van der Waals surface area contributed by atoms with Crippen molar-refractivity contribution in [3.8, 4) is 0 Å². The Morgan fingerprint density at radius 3 is 2.35 bits per heavy atom. The van der Waals surface area contributed by atoms with Crippen molar-refractivity contribution >= 4 is 12.2 Å². The van der Waals surface area contributed by atoms with Crippen molar-refractivity contribution in [3.63, 3.8) is 0 Å². The molecule has 0 aliphatic heterocycles. The minimum absolute atomic E-state index is 0.0758. The molecule has 1 aliphatic carbocycles. The summed E-state index contributed by atoms with van der Waals surface area (Å²) in [7, 11) is 0. The van der Waals surface area contributed by atoms with Crippen molar-refractivity contribution in [3.05, 3.63) is 0 Å². The van der Waals surface area contributed by atoms with Gasteiger partial charge in [0, 0.05) is 0 Å². The van der Waals surface area contributed by atoms with E-state index in [2.05, 4.69) is 10.2 Å². The monoisotopic (exact) mass is 242 g/mol. The van der Waals surface area contributed by atoms with Crippen LogP contribution in [0.2, 0.25) is 0 Å². The molecule has 0 aromatic carbocycles. The third-order valence-corrected chi connectivity index (χ3v) is 2.32. The van der Waals surface area contributed by atoms with Gasteiger partial charge in [0.25, 0.3) is 0 Å². The molecule has 0 atom stereocenters. The van der Waals surface area contributed by atoms with Crippen LogP contribution in [0, 0.1) is 5.92 Å². The van der Waals surface area contributed by atoms with Crippen LogP contribution in [0.5, 0.6) is 0 Å². The summed E-state index contributed by atoms with van der Waals surface area (Å²) in [5.74, 6) is 0.222. The molecule has 96 valence electrons. The Balaban J connectivity index is 2.22. The third-order valence-electron chi connectivity index (χ3n) is 2.32. The maximum Gasteiger partial charge on any atom is 0.452 e. The minimum atomic E-state index is -0.859. The second-order valence-electron chi connectivity index (χ2n) is 4.46. The molecular weight excluding hydrogens is 224 g/mol. The summed E-state index contributed by atoms with van der Waals surface area (Å²) in [6.45, 7) is 4.06. The molecule has 0 saturated heterocycles. The highest BCUT2D eigenvalue weighted by molar-refractivity contribution is 5.73. The summed E-state index contributed by atoms with van der Waals surface area (Å²) in [5.41, 5.74) is 0. The van der Waals surface area contributed by atoms with Crippen molar-refractivity contribution in [2.24, 2.45) is 16.1 Å². The van der Waals surface area contributed by atoms with Crippen LogP contribution in [0.25, 0.3) is 0 Å². The number of hydrogen-bond donors (Lipinski definition) is 0. The zero-order valence-electron chi connectivity index (χ0n) is 10.2. The van der Waals surface area contributed by atoms with Crippen LogP contribution in [0.3, 0.4) is 0 Å². The van der Waals surface area contributed by atoms with E-state index >= 15 is 0 Å². The Morgan fingerprint density at radius 2 is 1.76 bits per heavy atom. The van der Waals surface area contributed by atoms with E-state index in [4.69, 9.17) is 9.47 Å². The van der Waals surface area contributed by atoms with Gasteiger partial charge >= 0.3 is 12.2 Å². The molecule has 17 heavy (non-hydrogen) atoms. The van der Waals surface area contributed by atoms with Gasteiger partial charge in [0.15, 0.2) is 0 Å². The van der Waals surface area contributed by atoms with E-state index in [9.17, 15) is 9.59 Å². The molecule has 1 rings (SSSR count). The number of rotatable bonds is 3.